The molecular weight excluding hydrogens is 623 g/mol. The molecule has 0 amide bonds. The highest BCUT2D eigenvalue weighted by Crippen LogP contribution is 2.43. The maximum Gasteiger partial charge on any atom is 0.0476 e. The first-order valence-electron chi connectivity index (χ1n) is 17.1. The summed E-state index contributed by atoms with van der Waals surface area (Å²) in [4.78, 5) is 2.40. The van der Waals surface area contributed by atoms with Crippen LogP contribution in [0.5, 0.6) is 0 Å². The largest absolute Gasteiger partial charge is 0.310 e. The van der Waals surface area contributed by atoms with Crippen LogP contribution in [-0.2, 0) is 0 Å². The number of hydrogen-bond acceptors (Lipinski definition) is 2. The van der Waals surface area contributed by atoms with Crippen LogP contribution in [-0.4, -0.2) is 0 Å². The van der Waals surface area contributed by atoms with Crippen molar-refractivity contribution in [3.63, 3.8) is 0 Å². The van der Waals surface area contributed by atoms with E-state index in [1.54, 1.807) is 0 Å². The molecule has 0 saturated carbocycles. The van der Waals surface area contributed by atoms with E-state index in [-0.39, 0.29) is 0 Å². The van der Waals surface area contributed by atoms with Crippen molar-refractivity contribution < 1.29 is 0 Å². The maximum absolute atomic E-state index is 2.40. The molecule has 10 rings (SSSR count). The highest BCUT2D eigenvalue weighted by atomic mass is 32.1. The van der Waals surface area contributed by atoms with Crippen LogP contribution in [0.3, 0.4) is 0 Å². The molecule has 1 nitrogen and oxygen atoms in total. The highest BCUT2D eigenvalue weighted by molar-refractivity contribution is 7.25. The minimum Gasteiger partial charge on any atom is -0.310 e. The normalized spacial score (nSPS) is 11.6. The molecule has 0 fully saturated rings. The van der Waals surface area contributed by atoms with Gasteiger partial charge < -0.3 is 4.90 Å². The third kappa shape index (κ3) is 4.84. The van der Waals surface area contributed by atoms with Crippen LogP contribution >= 0.6 is 11.3 Å². The third-order valence-corrected chi connectivity index (χ3v) is 11.1. The molecule has 1 heterocycles. The fourth-order valence-electron chi connectivity index (χ4n) is 7.59. The van der Waals surface area contributed by atoms with Crippen molar-refractivity contribution >= 4 is 80.9 Å². The predicted molar refractivity (Wildman–Crippen MR) is 217 cm³/mol. The molecular formula is C48H31NS. The number of nitrogens with zero attached hydrogens (tertiary/aromatic N) is 1. The van der Waals surface area contributed by atoms with Gasteiger partial charge in [-0.1, -0.05) is 140 Å². The lowest BCUT2D eigenvalue weighted by Crippen LogP contribution is -2.10. The van der Waals surface area contributed by atoms with E-state index in [0.29, 0.717) is 0 Å². The van der Waals surface area contributed by atoms with E-state index < -0.39 is 0 Å². The second kappa shape index (κ2) is 11.7. The molecule has 10 aromatic rings. The summed E-state index contributed by atoms with van der Waals surface area (Å²) in [5.74, 6) is 0. The minimum absolute atomic E-state index is 1.12. The predicted octanol–water partition coefficient (Wildman–Crippen LogP) is 14.3. The molecule has 0 bridgehead atoms. The average Bonchev–Trinajstić information content (AvgIpc) is 3.53. The molecule has 2 heteroatoms. The lowest BCUT2D eigenvalue weighted by molar-refractivity contribution is 1.29. The van der Waals surface area contributed by atoms with Crippen LogP contribution in [0.15, 0.2) is 188 Å². The molecule has 1 aromatic heterocycles. The van der Waals surface area contributed by atoms with Gasteiger partial charge >= 0.3 is 0 Å². The molecule has 234 valence electrons. The van der Waals surface area contributed by atoms with Crippen LogP contribution in [0.1, 0.15) is 0 Å². The lowest BCUT2D eigenvalue weighted by atomic mass is 9.97. The minimum atomic E-state index is 1.12. The summed E-state index contributed by atoms with van der Waals surface area (Å²) < 4.78 is 2.61. The smallest absolute Gasteiger partial charge is 0.0476 e. The van der Waals surface area contributed by atoms with E-state index in [2.05, 4.69) is 193 Å². The summed E-state index contributed by atoms with van der Waals surface area (Å²) in [6.07, 6.45) is 0. The summed E-state index contributed by atoms with van der Waals surface area (Å²) in [5, 5.41) is 10.2. The van der Waals surface area contributed by atoms with Gasteiger partial charge in [-0.2, -0.15) is 0 Å². The monoisotopic (exact) mass is 653 g/mol. The Hall–Kier alpha value is -6.22. The Balaban J connectivity index is 1.14. The first-order valence-corrected chi connectivity index (χ1v) is 17.9. The van der Waals surface area contributed by atoms with Gasteiger partial charge in [0.1, 0.15) is 0 Å². The van der Waals surface area contributed by atoms with Gasteiger partial charge in [0, 0.05) is 37.2 Å². The van der Waals surface area contributed by atoms with Crippen molar-refractivity contribution in [3.8, 4) is 22.3 Å². The van der Waals surface area contributed by atoms with Crippen molar-refractivity contribution in [2.24, 2.45) is 0 Å². The van der Waals surface area contributed by atoms with E-state index in [1.807, 2.05) is 11.3 Å². The standard InChI is InChI=1S/C48H31NS/c1-2-13-36-30-47-46(29-35(36)12-1)45-27-26-40(31-48(45)50-47)49(38-24-22-34(23-25-38)43-20-8-14-32-10-3-5-18-41(32)43)39-17-7-16-37(28-39)44-21-9-15-33-11-4-6-19-42(33)44/h1-31H. The van der Waals surface area contributed by atoms with Gasteiger partial charge in [-0.3, -0.25) is 0 Å². The average molecular weight is 654 g/mol. The van der Waals surface area contributed by atoms with Gasteiger partial charge in [-0.25, -0.2) is 0 Å². The molecule has 0 N–H and O–H groups in total. The summed E-state index contributed by atoms with van der Waals surface area (Å²) in [5.41, 5.74) is 8.28. The maximum atomic E-state index is 2.40. The summed E-state index contributed by atoms with van der Waals surface area (Å²) >= 11 is 1.87. The number of benzene rings is 9. The van der Waals surface area contributed by atoms with E-state index in [1.165, 1.54) is 74.7 Å². The Kier molecular flexibility index (Phi) is 6.75. The number of hydrogen-bond donors (Lipinski definition) is 0. The fourth-order valence-corrected chi connectivity index (χ4v) is 8.76. The fraction of sp³-hybridized carbons (Fsp3) is 0. The zero-order valence-corrected chi connectivity index (χ0v) is 28.1. The number of rotatable bonds is 5. The molecule has 0 aliphatic carbocycles. The Labute approximate surface area is 294 Å². The molecule has 0 aliphatic rings. The van der Waals surface area contributed by atoms with Gasteiger partial charge in [0.2, 0.25) is 0 Å². The quantitative estimate of drug-likeness (QED) is 0.179. The Morgan fingerprint density at radius 2 is 0.840 bits per heavy atom. The van der Waals surface area contributed by atoms with Gasteiger partial charge in [0.05, 0.1) is 0 Å². The van der Waals surface area contributed by atoms with Crippen molar-refractivity contribution in [2.75, 3.05) is 4.90 Å². The number of fused-ring (bicyclic) bond motifs is 6. The summed E-state index contributed by atoms with van der Waals surface area (Å²) in [6, 6.07) is 68.8. The summed E-state index contributed by atoms with van der Waals surface area (Å²) in [6.45, 7) is 0. The molecule has 0 atom stereocenters. The van der Waals surface area contributed by atoms with Crippen LogP contribution in [0, 0.1) is 0 Å². The van der Waals surface area contributed by atoms with Gasteiger partial charge in [-0.15, -0.1) is 11.3 Å². The Morgan fingerprint density at radius 1 is 0.300 bits per heavy atom. The number of thiophene rings is 1. The molecule has 0 spiro atoms. The van der Waals surface area contributed by atoms with Crippen molar-refractivity contribution in [1.82, 2.24) is 0 Å². The Bertz CT molecular complexity index is 2870. The van der Waals surface area contributed by atoms with Crippen LogP contribution in [0.4, 0.5) is 17.1 Å². The molecule has 0 saturated heterocycles. The van der Waals surface area contributed by atoms with Gasteiger partial charge in [0.15, 0.2) is 0 Å². The zero-order chi connectivity index (χ0) is 33.0. The molecule has 50 heavy (non-hydrogen) atoms. The topological polar surface area (TPSA) is 3.24 Å². The van der Waals surface area contributed by atoms with Crippen LogP contribution in [0.25, 0.3) is 74.7 Å². The molecule has 0 radical (unpaired) electrons. The van der Waals surface area contributed by atoms with Crippen LogP contribution < -0.4 is 4.90 Å². The second-order valence-corrected chi connectivity index (χ2v) is 14.0. The number of anilines is 3. The van der Waals surface area contributed by atoms with Crippen molar-refractivity contribution in [2.45, 2.75) is 0 Å². The lowest BCUT2D eigenvalue weighted by Gasteiger charge is -2.26. The third-order valence-electron chi connectivity index (χ3n) is 10.0. The zero-order valence-electron chi connectivity index (χ0n) is 27.3. The van der Waals surface area contributed by atoms with E-state index in [0.717, 1.165) is 17.1 Å². The first-order chi connectivity index (χ1) is 24.8. The van der Waals surface area contributed by atoms with E-state index in [4.69, 9.17) is 0 Å². The highest BCUT2D eigenvalue weighted by Gasteiger charge is 2.17. The Morgan fingerprint density at radius 3 is 1.56 bits per heavy atom. The van der Waals surface area contributed by atoms with E-state index in [9.17, 15) is 0 Å². The van der Waals surface area contributed by atoms with Gasteiger partial charge in [-0.05, 0) is 103 Å². The second-order valence-electron chi connectivity index (χ2n) is 13.0. The summed E-state index contributed by atoms with van der Waals surface area (Å²) in [7, 11) is 0. The molecule has 9 aromatic carbocycles. The SMILES string of the molecule is c1cc(-c2cccc3ccccc23)cc(N(c2ccc(-c3cccc4ccccc34)cc2)c2ccc3c(c2)sc2cc4ccccc4cc23)c1. The first kappa shape index (κ1) is 28.8. The van der Waals surface area contributed by atoms with Gasteiger partial charge in [0.25, 0.3) is 0 Å². The van der Waals surface area contributed by atoms with E-state index >= 15 is 0 Å². The van der Waals surface area contributed by atoms with Crippen LogP contribution in [0.2, 0.25) is 0 Å². The molecule has 0 aliphatic heterocycles. The van der Waals surface area contributed by atoms with Crippen molar-refractivity contribution in [3.05, 3.63) is 188 Å². The van der Waals surface area contributed by atoms with Crippen molar-refractivity contribution in [1.29, 1.82) is 0 Å². The molecule has 0 unspecified atom stereocenters.